The van der Waals surface area contributed by atoms with Gasteiger partial charge in [0.05, 0.1) is 6.10 Å². The smallest absolute Gasteiger partial charge is 0.222 e. The summed E-state index contributed by atoms with van der Waals surface area (Å²) in [7, 11) is 0. The van der Waals surface area contributed by atoms with Gasteiger partial charge in [-0.3, -0.25) is 4.79 Å². The largest absolute Gasteiger partial charge is 0.393 e. The van der Waals surface area contributed by atoms with E-state index in [9.17, 15) is 9.90 Å². The lowest BCUT2D eigenvalue weighted by atomic mass is 9.92. The molecule has 0 aliphatic carbocycles. The van der Waals surface area contributed by atoms with Crippen LogP contribution >= 0.6 is 0 Å². The van der Waals surface area contributed by atoms with Crippen molar-refractivity contribution in [3.05, 3.63) is 0 Å². The van der Waals surface area contributed by atoms with Crippen LogP contribution in [0.4, 0.5) is 0 Å². The second kappa shape index (κ2) is 6.24. The molecule has 0 radical (unpaired) electrons. The van der Waals surface area contributed by atoms with Crippen molar-refractivity contribution in [1.29, 1.82) is 0 Å². The molecule has 1 saturated heterocycles. The molecule has 1 heterocycles. The number of hydrogen-bond acceptors (Lipinski definition) is 2. The summed E-state index contributed by atoms with van der Waals surface area (Å²) >= 11 is 0. The van der Waals surface area contributed by atoms with Crippen molar-refractivity contribution in [2.45, 2.75) is 52.6 Å². The first-order chi connectivity index (χ1) is 7.58. The molecule has 0 aromatic heterocycles. The summed E-state index contributed by atoms with van der Waals surface area (Å²) < 4.78 is 0. The molecule has 1 aliphatic rings. The van der Waals surface area contributed by atoms with Crippen LogP contribution in [0.1, 0.15) is 46.5 Å². The maximum absolute atomic E-state index is 12.0. The fourth-order valence-electron chi connectivity index (χ4n) is 2.22. The highest BCUT2D eigenvalue weighted by Crippen LogP contribution is 2.21. The van der Waals surface area contributed by atoms with E-state index in [0.717, 1.165) is 32.4 Å². The average Bonchev–Trinajstić information content (AvgIpc) is 2.29. The van der Waals surface area contributed by atoms with E-state index in [1.54, 1.807) is 0 Å². The van der Waals surface area contributed by atoms with E-state index >= 15 is 0 Å². The van der Waals surface area contributed by atoms with E-state index in [4.69, 9.17) is 0 Å². The highest BCUT2D eigenvalue weighted by Gasteiger charge is 2.29. The van der Waals surface area contributed by atoms with E-state index in [-0.39, 0.29) is 17.9 Å². The molecule has 94 valence electrons. The van der Waals surface area contributed by atoms with Crippen LogP contribution in [0.5, 0.6) is 0 Å². The summed E-state index contributed by atoms with van der Waals surface area (Å²) in [4.78, 5) is 13.9. The third-order valence-corrected chi connectivity index (χ3v) is 3.79. The summed E-state index contributed by atoms with van der Waals surface area (Å²) in [6.45, 7) is 7.79. The number of piperidine rings is 1. The van der Waals surface area contributed by atoms with Gasteiger partial charge in [0.25, 0.3) is 0 Å². The number of aliphatic hydroxyl groups is 1. The van der Waals surface area contributed by atoms with Gasteiger partial charge in [0.15, 0.2) is 0 Å². The zero-order chi connectivity index (χ0) is 12.1. The third kappa shape index (κ3) is 3.48. The number of carbonyl (C=O) groups excluding carboxylic acids is 1. The number of aliphatic hydroxyl groups excluding tert-OH is 1. The van der Waals surface area contributed by atoms with Crippen LogP contribution in [0.25, 0.3) is 0 Å². The predicted molar refractivity (Wildman–Crippen MR) is 65.1 cm³/mol. The number of likely N-dealkylation sites (tertiary alicyclic amines) is 1. The van der Waals surface area contributed by atoms with Gasteiger partial charge in [-0.15, -0.1) is 0 Å². The number of amides is 1. The van der Waals surface area contributed by atoms with E-state index in [1.807, 2.05) is 4.90 Å². The highest BCUT2D eigenvalue weighted by atomic mass is 16.3. The van der Waals surface area contributed by atoms with Gasteiger partial charge in [0, 0.05) is 25.4 Å². The molecule has 1 N–H and O–H groups in total. The van der Waals surface area contributed by atoms with E-state index in [2.05, 4.69) is 20.8 Å². The van der Waals surface area contributed by atoms with Gasteiger partial charge in [0.1, 0.15) is 0 Å². The first-order valence-electron chi connectivity index (χ1n) is 6.54. The minimum Gasteiger partial charge on any atom is -0.393 e. The molecule has 0 saturated carbocycles. The van der Waals surface area contributed by atoms with Crippen molar-refractivity contribution in [3.63, 3.8) is 0 Å². The molecule has 16 heavy (non-hydrogen) atoms. The van der Waals surface area contributed by atoms with Gasteiger partial charge in [-0.2, -0.15) is 0 Å². The SMILES string of the molecule is CCC(C)CC(=O)N1CCC(O)C(CC)C1. The Labute approximate surface area is 98.8 Å². The van der Waals surface area contributed by atoms with Crippen molar-refractivity contribution < 1.29 is 9.90 Å². The fraction of sp³-hybridized carbons (Fsp3) is 0.923. The third-order valence-electron chi connectivity index (χ3n) is 3.79. The molecular formula is C13H25NO2. The molecule has 0 aromatic rings. The standard InChI is InChI=1S/C13H25NO2/c1-4-10(3)8-13(16)14-7-6-12(15)11(5-2)9-14/h10-12,15H,4-9H2,1-3H3. The van der Waals surface area contributed by atoms with Crippen LogP contribution in [0.15, 0.2) is 0 Å². The molecule has 0 spiro atoms. The summed E-state index contributed by atoms with van der Waals surface area (Å²) in [5.41, 5.74) is 0. The number of hydrogen-bond donors (Lipinski definition) is 1. The lowest BCUT2D eigenvalue weighted by Gasteiger charge is -2.36. The van der Waals surface area contributed by atoms with Crippen molar-refractivity contribution in [3.8, 4) is 0 Å². The summed E-state index contributed by atoms with van der Waals surface area (Å²) in [6.07, 6.45) is 3.19. The topological polar surface area (TPSA) is 40.5 Å². The first kappa shape index (κ1) is 13.5. The lowest BCUT2D eigenvalue weighted by Crippen LogP contribution is -2.46. The Morgan fingerprint density at radius 2 is 2.19 bits per heavy atom. The molecule has 3 unspecified atom stereocenters. The predicted octanol–water partition coefficient (Wildman–Crippen LogP) is 2.04. The Hall–Kier alpha value is -0.570. The maximum Gasteiger partial charge on any atom is 0.222 e. The Morgan fingerprint density at radius 3 is 2.75 bits per heavy atom. The van der Waals surface area contributed by atoms with Crippen LogP contribution in [0.2, 0.25) is 0 Å². The zero-order valence-electron chi connectivity index (χ0n) is 10.8. The zero-order valence-corrected chi connectivity index (χ0v) is 10.8. The normalized spacial score (nSPS) is 27.9. The fourth-order valence-corrected chi connectivity index (χ4v) is 2.22. The number of rotatable bonds is 4. The Balaban J connectivity index is 2.45. The average molecular weight is 227 g/mol. The summed E-state index contributed by atoms with van der Waals surface area (Å²) in [5, 5.41) is 9.76. The van der Waals surface area contributed by atoms with Crippen LogP contribution in [-0.4, -0.2) is 35.1 Å². The maximum atomic E-state index is 12.0. The summed E-state index contributed by atoms with van der Waals surface area (Å²) in [6, 6.07) is 0. The van der Waals surface area contributed by atoms with Crippen LogP contribution in [-0.2, 0) is 4.79 Å². The van der Waals surface area contributed by atoms with Crippen molar-refractivity contribution >= 4 is 5.91 Å². The van der Waals surface area contributed by atoms with Gasteiger partial charge >= 0.3 is 0 Å². The van der Waals surface area contributed by atoms with Gasteiger partial charge in [-0.1, -0.05) is 27.2 Å². The molecule has 0 bridgehead atoms. The van der Waals surface area contributed by atoms with Gasteiger partial charge < -0.3 is 10.0 Å². The van der Waals surface area contributed by atoms with Crippen LogP contribution < -0.4 is 0 Å². The molecule has 3 atom stereocenters. The Kier molecular flexibility index (Phi) is 5.26. The molecule has 1 amide bonds. The van der Waals surface area contributed by atoms with E-state index in [1.165, 1.54) is 0 Å². The molecular weight excluding hydrogens is 202 g/mol. The Bertz CT molecular complexity index is 230. The van der Waals surface area contributed by atoms with Crippen molar-refractivity contribution in [2.24, 2.45) is 11.8 Å². The second-order valence-electron chi connectivity index (χ2n) is 5.08. The second-order valence-corrected chi connectivity index (χ2v) is 5.08. The first-order valence-corrected chi connectivity index (χ1v) is 6.54. The number of nitrogens with zero attached hydrogens (tertiary/aromatic N) is 1. The lowest BCUT2D eigenvalue weighted by molar-refractivity contribution is -0.135. The van der Waals surface area contributed by atoms with Gasteiger partial charge in [0.2, 0.25) is 5.91 Å². The number of carbonyl (C=O) groups is 1. The van der Waals surface area contributed by atoms with Crippen molar-refractivity contribution in [2.75, 3.05) is 13.1 Å². The van der Waals surface area contributed by atoms with E-state index in [0.29, 0.717) is 12.3 Å². The highest BCUT2D eigenvalue weighted by molar-refractivity contribution is 5.76. The molecule has 1 rings (SSSR count). The molecule has 1 aliphatic heterocycles. The summed E-state index contributed by atoms with van der Waals surface area (Å²) in [5.74, 6) is 1.01. The monoisotopic (exact) mass is 227 g/mol. The van der Waals surface area contributed by atoms with E-state index < -0.39 is 0 Å². The minimum atomic E-state index is -0.211. The molecule has 3 nitrogen and oxygen atoms in total. The van der Waals surface area contributed by atoms with Gasteiger partial charge in [-0.25, -0.2) is 0 Å². The quantitative estimate of drug-likeness (QED) is 0.798. The Morgan fingerprint density at radius 1 is 1.50 bits per heavy atom. The van der Waals surface area contributed by atoms with Crippen LogP contribution in [0, 0.1) is 11.8 Å². The van der Waals surface area contributed by atoms with Crippen molar-refractivity contribution in [1.82, 2.24) is 4.90 Å². The molecule has 3 heteroatoms. The molecule has 1 fully saturated rings. The van der Waals surface area contributed by atoms with Crippen LogP contribution in [0.3, 0.4) is 0 Å². The minimum absolute atomic E-state index is 0.211. The van der Waals surface area contributed by atoms with Gasteiger partial charge in [-0.05, 0) is 18.8 Å². The molecule has 0 aromatic carbocycles.